The second-order valence-electron chi connectivity index (χ2n) is 3.05. The predicted molar refractivity (Wildman–Crippen MR) is 56.9 cm³/mol. The predicted octanol–water partition coefficient (Wildman–Crippen LogP) is 4.15. The minimum absolute atomic E-state index is 0.703. The third-order valence-electron chi connectivity index (χ3n) is 2.28. The fourth-order valence-corrected chi connectivity index (χ4v) is 1.57. The first-order chi connectivity index (χ1) is 5.79. The van der Waals surface area contributed by atoms with Gasteiger partial charge < -0.3 is 0 Å². The smallest absolute Gasteiger partial charge is 0.0171 e. The molecule has 0 N–H and O–H groups in total. The maximum atomic E-state index is 3.85. The van der Waals surface area contributed by atoms with E-state index < -0.39 is 0 Å². The SMILES string of the molecule is [CH2]CC=C(CC)C(CC)CC=C. The molecule has 0 saturated carbocycles. The van der Waals surface area contributed by atoms with Crippen molar-refractivity contribution in [2.75, 3.05) is 0 Å². The lowest BCUT2D eigenvalue weighted by molar-refractivity contribution is 0.581. The van der Waals surface area contributed by atoms with Crippen molar-refractivity contribution in [2.24, 2.45) is 5.92 Å². The van der Waals surface area contributed by atoms with Gasteiger partial charge in [-0.2, -0.15) is 0 Å². The van der Waals surface area contributed by atoms with Gasteiger partial charge in [0.05, 0.1) is 0 Å². The Hall–Kier alpha value is -0.520. The van der Waals surface area contributed by atoms with Gasteiger partial charge in [0.1, 0.15) is 0 Å². The lowest BCUT2D eigenvalue weighted by atomic mass is 9.90. The van der Waals surface area contributed by atoms with E-state index in [-0.39, 0.29) is 0 Å². The summed E-state index contributed by atoms with van der Waals surface area (Å²) in [6.45, 7) is 12.1. The molecule has 69 valence electrons. The molecule has 0 aliphatic heterocycles. The van der Waals surface area contributed by atoms with Crippen molar-refractivity contribution in [3.63, 3.8) is 0 Å². The largest absolute Gasteiger partial charge is 0.103 e. The number of rotatable bonds is 6. The highest BCUT2D eigenvalue weighted by molar-refractivity contribution is 5.07. The number of hydrogen-bond acceptors (Lipinski definition) is 0. The van der Waals surface area contributed by atoms with Crippen molar-refractivity contribution < 1.29 is 0 Å². The molecule has 0 aliphatic carbocycles. The molecule has 0 aromatic heterocycles. The fraction of sp³-hybridized carbons (Fsp3) is 0.583. The summed E-state index contributed by atoms with van der Waals surface area (Å²) in [5.74, 6) is 0.703. The quantitative estimate of drug-likeness (QED) is 0.519. The second kappa shape index (κ2) is 7.15. The fourth-order valence-electron chi connectivity index (χ4n) is 1.57. The summed E-state index contributed by atoms with van der Waals surface area (Å²) < 4.78 is 0. The van der Waals surface area contributed by atoms with Crippen LogP contribution in [-0.4, -0.2) is 0 Å². The first kappa shape index (κ1) is 11.5. The van der Waals surface area contributed by atoms with Crippen LogP contribution in [0.3, 0.4) is 0 Å². The van der Waals surface area contributed by atoms with Gasteiger partial charge >= 0.3 is 0 Å². The highest BCUT2D eigenvalue weighted by atomic mass is 14.1. The first-order valence-corrected chi connectivity index (χ1v) is 4.89. The topological polar surface area (TPSA) is 0 Å². The molecule has 0 aromatic rings. The Labute approximate surface area is 77.4 Å². The molecule has 1 unspecified atom stereocenters. The Bertz CT molecular complexity index is 142. The third-order valence-corrected chi connectivity index (χ3v) is 2.28. The number of allylic oxidation sites excluding steroid dienone is 3. The van der Waals surface area contributed by atoms with E-state index in [0.717, 1.165) is 19.3 Å². The Morgan fingerprint density at radius 3 is 2.42 bits per heavy atom. The molecule has 0 spiro atoms. The average Bonchev–Trinajstić information content (AvgIpc) is 2.11. The summed E-state index contributed by atoms with van der Waals surface area (Å²) in [7, 11) is 0. The summed E-state index contributed by atoms with van der Waals surface area (Å²) in [4.78, 5) is 0. The Kier molecular flexibility index (Phi) is 6.84. The van der Waals surface area contributed by atoms with E-state index in [9.17, 15) is 0 Å². The van der Waals surface area contributed by atoms with Crippen molar-refractivity contribution >= 4 is 0 Å². The zero-order chi connectivity index (χ0) is 9.40. The van der Waals surface area contributed by atoms with E-state index in [1.165, 1.54) is 6.42 Å². The van der Waals surface area contributed by atoms with Crippen molar-refractivity contribution in [3.05, 3.63) is 31.2 Å². The van der Waals surface area contributed by atoms with Crippen molar-refractivity contribution in [3.8, 4) is 0 Å². The Morgan fingerprint density at radius 1 is 1.42 bits per heavy atom. The zero-order valence-electron chi connectivity index (χ0n) is 8.47. The highest BCUT2D eigenvalue weighted by Gasteiger charge is 2.07. The standard InChI is InChI=1S/C12H21/c1-5-9-11(7-3)12(8-4)10-6-2/h5,10-11H,1-2,6-9H2,3-4H3. The van der Waals surface area contributed by atoms with Gasteiger partial charge in [0.2, 0.25) is 0 Å². The molecule has 0 aromatic carbocycles. The Morgan fingerprint density at radius 2 is 2.08 bits per heavy atom. The van der Waals surface area contributed by atoms with Crippen LogP contribution < -0.4 is 0 Å². The van der Waals surface area contributed by atoms with E-state index in [1.54, 1.807) is 5.57 Å². The molecule has 1 radical (unpaired) electrons. The van der Waals surface area contributed by atoms with Gasteiger partial charge in [-0.15, -0.1) is 6.58 Å². The molecule has 12 heavy (non-hydrogen) atoms. The average molecular weight is 165 g/mol. The zero-order valence-corrected chi connectivity index (χ0v) is 8.47. The van der Waals surface area contributed by atoms with Crippen molar-refractivity contribution in [1.29, 1.82) is 0 Å². The Balaban J connectivity index is 4.21. The van der Waals surface area contributed by atoms with Crippen LogP contribution in [0, 0.1) is 12.8 Å². The van der Waals surface area contributed by atoms with E-state index in [0.29, 0.717) is 5.92 Å². The molecular formula is C12H21. The van der Waals surface area contributed by atoms with E-state index in [1.807, 2.05) is 6.08 Å². The van der Waals surface area contributed by atoms with E-state index >= 15 is 0 Å². The molecule has 0 bridgehead atoms. The van der Waals surface area contributed by atoms with E-state index in [4.69, 9.17) is 0 Å². The van der Waals surface area contributed by atoms with Crippen LogP contribution in [0.1, 0.15) is 39.5 Å². The molecule has 0 aliphatic rings. The summed E-state index contributed by atoms with van der Waals surface area (Å²) in [6, 6.07) is 0. The lowest BCUT2D eigenvalue weighted by Crippen LogP contribution is -2.01. The molecule has 0 heterocycles. The minimum Gasteiger partial charge on any atom is -0.103 e. The molecule has 0 rings (SSSR count). The normalized spacial score (nSPS) is 14.4. The summed E-state index contributed by atoms with van der Waals surface area (Å²) >= 11 is 0. The van der Waals surface area contributed by atoms with E-state index in [2.05, 4.69) is 33.4 Å². The van der Waals surface area contributed by atoms with Gasteiger partial charge in [0.25, 0.3) is 0 Å². The van der Waals surface area contributed by atoms with Crippen molar-refractivity contribution in [2.45, 2.75) is 39.5 Å². The minimum atomic E-state index is 0.703. The van der Waals surface area contributed by atoms with Crippen LogP contribution in [0.25, 0.3) is 0 Å². The number of hydrogen-bond donors (Lipinski definition) is 0. The van der Waals surface area contributed by atoms with Gasteiger partial charge in [-0.1, -0.05) is 31.6 Å². The second-order valence-corrected chi connectivity index (χ2v) is 3.05. The molecule has 0 heteroatoms. The molecule has 0 saturated heterocycles. The third kappa shape index (κ3) is 3.75. The molecule has 0 nitrogen and oxygen atoms in total. The van der Waals surface area contributed by atoms with Crippen LogP contribution in [0.2, 0.25) is 0 Å². The molecule has 1 atom stereocenters. The lowest BCUT2D eigenvalue weighted by Gasteiger charge is -2.15. The maximum Gasteiger partial charge on any atom is -0.0171 e. The maximum absolute atomic E-state index is 3.85. The summed E-state index contributed by atoms with van der Waals surface area (Å²) in [6.07, 6.45) is 8.67. The van der Waals surface area contributed by atoms with Gasteiger partial charge in [0.15, 0.2) is 0 Å². The van der Waals surface area contributed by atoms with Crippen LogP contribution in [0.15, 0.2) is 24.3 Å². The monoisotopic (exact) mass is 165 g/mol. The summed E-state index contributed by atoms with van der Waals surface area (Å²) in [5, 5.41) is 0. The van der Waals surface area contributed by atoms with Gasteiger partial charge in [-0.3, -0.25) is 0 Å². The van der Waals surface area contributed by atoms with Crippen LogP contribution in [0.5, 0.6) is 0 Å². The van der Waals surface area contributed by atoms with Gasteiger partial charge in [-0.25, -0.2) is 0 Å². The highest BCUT2D eigenvalue weighted by Crippen LogP contribution is 2.22. The van der Waals surface area contributed by atoms with Gasteiger partial charge in [-0.05, 0) is 38.5 Å². The van der Waals surface area contributed by atoms with Crippen LogP contribution in [0.4, 0.5) is 0 Å². The summed E-state index contributed by atoms with van der Waals surface area (Å²) in [5.41, 5.74) is 1.55. The van der Waals surface area contributed by atoms with Crippen molar-refractivity contribution in [1.82, 2.24) is 0 Å². The van der Waals surface area contributed by atoms with Gasteiger partial charge in [0, 0.05) is 0 Å². The van der Waals surface area contributed by atoms with Crippen LogP contribution >= 0.6 is 0 Å². The molecular weight excluding hydrogens is 144 g/mol. The molecule has 0 amide bonds. The first-order valence-electron chi connectivity index (χ1n) is 4.89. The molecule has 0 fully saturated rings. The van der Waals surface area contributed by atoms with Crippen LogP contribution in [-0.2, 0) is 0 Å².